The fraction of sp³-hybridized carbons (Fsp3) is 0.417. The van der Waals surface area contributed by atoms with E-state index in [1.54, 1.807) is 18.6 Å². The molecule has 0 aromatic carbocycles. The summed E-state index contributed by atoms with van der Waals surface area (Å²) < 4.78 is 0. The van der Waals surface area contributed by atoms with E-state index in [-0.39, 0.29) is 18.1 Å². The Balaban J connectivity index is 2.12. The van der Waals surface area contributed by atoms with Crippen LogP contribution in [0.15, 0.2) is 29.6 Å². The minimum atomic E-state index is -0.157. The predicted molar refractivity (Wildman–Crippen MR) is 65.6 cm³/mol. The first kappa shape index (κ1) is 11.6. The molecule has 1 aromatic rings. The van der Waals surface area contributed by atoms with Gasteiger partial charge in [0, 0.05) is 31.1 Å². The first-order valence-electron chi connectivity index (χ1n) is 5.70. The standard InChI is InChI=1S/C12H16N4O/c1-9(2)15-12(17)16-11(5-8-14-16)10-3-6-13-7-4-10/h3-4,6-9,11H,5H2,1-2H3,(H,15,17). The smallest absolute Gasteiger partial charge is 0.334 e. The third kappa shape index (κ3) is 2.61. The Kier molecular flexibility index (Phi) is 3.37. The molecule has 2 amide bonds. The van der Waals surface area contributed by atoms with Crippen LogP contribution in [0.4, 0.5) is 4.79 Å². The summed E-state index contributed by atoms with van der Waals surface area (Å²) in [5.41, 5.74) is 1.05. The van der Waals surface area contributed by atoms with Crippen molar-refractivity contribution in [2.45, 2.75) is 32.4 Å². The molecule has 2 rings (SSSR count). The van der Waals surface area contributed by atoms with E-state index in [2.05, 4.69) is 15.4 Å². The maximum atomic E-state index is 11.9. The highest BCUT2D eigenvalue weighted by Gasteiger charge is 2.28. The molecule has 17 heavy (non-hydrogen) atoms. The molecule has 0 aliphatic carbocycles. The fourth-order valence-electron chi connectivity index (χ4n) is 1.79. The van der Waals surface area contributed by atoms with Gasteiger partial charge in [-0.05, 0) is 31.5 Å². The van der Waals surface area contributed by atoms with Crippen molar-refractivity contribution in [3.8, 4) is 0 Å². The number of aromatic nitrogens is 1. The van der Waals surface area contributed by atoms with Crippen LogP contribution >= 0.6 is 0 Å². The predicted octanol–water partition coefficient (Wildman–Crippen LogP) is 1.93. The number of carbonyl (C=O) groups excluding carboxylic acids is 1. The molecule has 0 saturated carbocycles. The average molecular weight is 232 g/mol. The lowest BCUT2D eigenvalue weighted by molar-refractivity contribution is 0.183. The van der Waals surface area contributed by atoms with Gasteiger partial charge in [0.05, 0.1) is 6.04 Å². The lowest BCUT2D eigenvalue weighted by Gasteiger charge is -2.23. The van der Waals surface area contributed by atoms with Gasteiger partial charge >= 0.3 is 6.03 Å². The zero-order valence-electron chi connectivity index (χ0n) is 10.00. The third-order valence-corrected chi connectivity index (χ3v) is 2.54. The van der Waals surface area contributed by atoms with E-state index in [1.807, 2.05) is 26.0 Å². The molecule has 90 valence electrons. The summed E-state index contributed by atoms with van der Waals surface area (Å²) >= 11 is 0. The molecular weight excluding hydrogens is 216 g/mol. The first-order chi connectivity index (χ1) is 8.18. The van der Waals surface area contributed by atoms with E-state index < -0.39 is 0 Å². The van der Waals surface area contributed by atoms with E-state index in [9.17, 15) is 4.79 Å². The number of hydrogen-bond donors (Lipinski definition) is 1. The van der Waals surface area contributed by atoms with Crippen LogP contribution in [0.25, 0.3) is 0 Å². The molecule has 0 fully saturated rings. The van der Waals surface area contributed by atoms with Crippen molar-refractivity contribution in [2.24, 2.45) is 5.10 Å². The van der Waals surface area contributed by atoms with E-state index in [0.29, 0.717) is 0 Å². The highest BCUT2D eigenvalue weighted by atomic mass is 16.2. The van der Waals surface area contributed by atoms with Gasteiger partial charge in [0.25, 0.3) is 0 Å². The van der Waals surface area contributed by atoms with Crippen LogP contribution in [-0.2, 0) is 0 Å². The van der Waals surface area contributed by atoms with Gasteiger partial charge in [-0.15, -0.1) is 0 Å². The van der Waals surface area contributed by atoms with Crippen molar-refractivity contribution in [1.82, 2.24) is 15.3 Å². The third-order valence-electron chi connectivity index (χ3n) is 2.54. The molecule has 1 unspecified atom stereocenters. The van der Waals surface area contributed by atoms with Crippen molar-refractivity contribution in [1.29, 1.82) is 0 Å². The van der Waals surface area contributed by atoms with E-state index >= 15 is 0 Å². The minimum Gasteiger partial charge on any atom is -0.334 e. The number of urea groups is 1. The van der Waals surface area contributed by atoms with Gasteiger partial charge in [-0.3, -0.25) is 4.98 Å². The number of nitrogens with zero attached hydrogens (tertiary/aromatic N) is 3. The monoisotopic (exact) mass is 232 g/mol. The van der Waals surface area contributed by atoms with Gasteiger partial charge in [0.1, 0.15) is 0 Å². The van der Waals surface area contributed by atoms with Crippen LogP contribution < -0.4 is 5.32 Å². The zero-order chi connectivity index (χ0) is 12.3. The number of amides is 2. The molecule has 5 heteroatoms. The summed E-state index contributed by atoms with van der Waals surface area (Å²) in [4.78, 5) is 15.9. The Morgan fingerprint density at radius 3 is 2.82 bits per heavy atom. The lowest BCUT2D eigenvalue weighted by atomic mass is 10.1. The van der Waals surface area contributed by atoms with Crippen LogP contribution in [0.2, 0.25) is 0 Å². The Bertz CT molecular complexity index is 416. The first-order valence-corrected chi connectivity index (χ1v) is 5.70. The fourth-order valence-corrected chi connectivity index (χ4v) is 1.79. The number of hydrazone groups is 1. The lowest BCUT2D eigenvalue weighted by Crippen LogP contribution is -2.40. The van der Waals surface area contributed by atoms with Crippen LogP contribution in [-0.4, -0.2) is 28.3 Å². The van der Waals surface area contributed by atoms with Crippen LogP contribution in [0.3, 0.4) is 0 Å². The normalized spacial score (nSPS) is 18.8. The Morgan fingerprint density at radius 2 is 2.18 bits per heavy atom. The van der Waals surface area contributed by atoms with Gasteiger partial charge in [-0.1, -0.05) is 0 Å². The average Bonchev–Trinajstić information content (AvgIpc) is 2.78. The SMILES string of the molecule is CC(C)NC(=O)N1N=CCC1c1ccncc1. The molecule has 0 saturated heterocycles. The summed E-state index contributed by atoms with van der Waals surface area (Å²) in [5, 5.41) is 8.46. The van der Waals surface area contributed by atoms with Crippen molar-refractivity contribution in [3.05, 3.63) is 30.1 Å². The Morgan fingerprint density at radius 1 is 1.47 bits per heavy atom. The second kappa shape index (κ2) is 4.95. The second-order valence-electron chi connectivity index (χ2n) is 4.28. The molecule has 1 aromatic heterocycles. The van der Waals surface area contributed by atoms with Crippen LogP contribution in [0, 0.1) is 0 Å². The molecule has 5 nitrogen and oxygen atoms in total. The van der Waals surface area contributed by atoms with Crippen LogP contribution in [0.1, 0.15) is 31.9 Å². The summed E-state index contributed by atoms with van der Waals surface area (Å²) in [6, 6.07) is 3.76. The maximum Gasteiger partial charge on any atom is 0.338 e. The quantitative estimate of drug-likeness (QED) is 0.847. The van der Waals surface area contributed by atoms with Crippen molar-refractivity contribution in [3.63, 3.8) is 0 Å². The number of pyridine rings is 1. The molecule has 2 heterocycles. The highest BCUT2D eigenvalue weighted by molar-refractivity contribution is 5.78. The second-order valence-corrected chi connectivity index (χ2v) is 4.28. The summed E-state index contributed by atoms with van der Waals surface area (Å²) in [6.07, 6.45) is 5.97. The Hall–Kier alpha value is -1.91. The van der Waals surface area contributed by atoms with Gasteiger partial charge < -0.3 is 5.32 Å². The van der Waals surface area contributed by atoms with Crippen molar-refractivity contribution < 1.29 is 4.79 Å². The van der Waals surface area contributed by atoms with Gasteiger partial charge in [0.15, 0.2) is 0 Å². The molecule has 0 bridgehead atoms. The summed E-state index contributed by atoms with van der Waals surface area (Å²) in [5.74, 6) is 0. The molecule has 1 aliphatic heterocycles. The van der Waals surface area contributed by atoms with Gasteiger partial charge in [0.2, 0.25) is 0 Å². The zero-order valence-corrected chi connectivity index (χ0v) is 10.00. The summed E-state index contributed by atoms with van der Waals surface area (Å²) in [7, 11) is 0. The van der Waals surface area contributed by atoms with E-state index in [1.165, 1.54) is 5.01 Å². The van der Waals surface area contributed by atoms with Crippen LogP contribution in [0.5, 0.6) is 0 Å². The molecule has 1 N–H and O–H groups in total. The van der Waals surface area contributed by atoms with E-state index in [0.717, 1.165) is 12.0 Å². The molecule has 1 aliphatic rings. The summed E-state index contributed by atoms with van der Waals surface area (Å²) in [6.45, 7) is 3.86. The van der Waals surface area contributed by atoms with Gasteiger partial charge in [-0.2, -0.15) is 5.10 Å². The topological polar surface area (TPSA) is 57.6 Å². The molecular formula is C12H16N4O. The minimum absolute atomic E-state index is 0.0169. The Labute approximate surface area is 101 Å². The van der Waals surface area contributed by atoms with Crippen molar-refractivity contribution >= 4 is 12.2 Å². The number of carbonyl (C=O) groups is 1. The molecule has 0 radical (unpaired) electrons. The van der Waals surface area contributed by atoms with Crippen molar-refractivity contribution in [2.75, 3.05) is 0 Å². The number of nitrogens with one attached hydrogen (secondary N) is 1. The number of rotatable bonds is 2. The van der Waals surface area contributed by atoms with Gasteiger partial charge in [-0.25, -0.2) is 9.80 Å². The number of hydrogen-bond acceptors (Lipinski definition) is 3. The molecule has 0 spiro atoms. The maximum absolute atomic E-state index is 11.9. The molecule has 1 atom stereocenters. The largest absolute Gasteiger partial charge is 0.338 e. The highest BCUT2D eigenvalue weighted by Crippen LogP contribution is 2.27. The van der Waals surface area contributed by atoms with E-state index in [4.69, 9.17) is 0 Å².